The smallest absolute Gasteiger partial charge is 0.258 e. The summed E-state index contributed by atoms with van der Waals surface area (Å²) in [6.45, 7) is 2.35. The van der Waals surface area contributed by atoms with E-state index >= 15 is 0 Å². The van der Waals surface area contributed by atoms with Gasteiger partial charge in [-0.1, -0.05) is 0 Å². The fraction of sp³-hybridized carbons (Fsp3) is 0.333. The Morgan fingerprint density at radius 1 is 1.25 bits per heavy atom. The van der Waals surface area contributed by atoms with Gasteiger partial charge in [0.05, 0.1) is 31.2 Å². The molecule has 1 aliphatic carbocycles. The first-order chi connectivity index (χ1) is 13.6. The molecular formula is C21H22N2O4S. The van der Waals surface area contributed by atoms with Gasteiger partial charge < -0.3 is 19.4 Å². The van der Waals surface area contributed by atoms with Gasteiger partial charge in [-0.3, -0.25) is 9.59 Å². The fourth-order valence-electron chi connectivity index (χ4n) is 3.81. The molecule has 0 saturated heterocycles. The van der Waals surface area contributed by atoms with Crippen LogP contribution < -0.4 is 20.3 Å². The van der Waals surface area contributed by atoms with Crippen LogP contribution in [-0.4, -0.2) is 24.7 Å². The molecule has 1 aliphatic rings. The van der Waals surface area contributed by atoms with Crippen LogP contribution in [0, 0.1) is 0 Å². The van der Waals surface area contributed by atoms with Crippen molar-refractivity contribution < 1.29 is 14.3 Å². The fourth-order valence-corrected chi connectivity index (χ4v) is 4.78. The summed E-state index contributed by atoms with van der Waals surface area (Å²) in [6.07, 6.45) is 3.52. The molecule has 0 spiro atoms. The molecule has 28 heavy (non-hydrogen) atoms. The van der Waals surface area contributed by atoms with Crippen molar-refractivity contribution in [2.75, 3.05) is 14.2 Å². The number of carbonyl (C=O) groups excluding carboxylic acids is 1. The van der Waals surface area contributed by atoms with Crippen LogP contribution in [0.4, 0.5) is 0 Å². The summed E-state index contributed by atoms with van der Waals surface area (Å²) in [5, 5.41) is 6.21. The topological polar surface area (TPSA) is 69.6 Å². The molecular weight excluding hydrogens is 376 g/mol. The molecule has 6 nitrogen and oxygen atoms in total. The van der Waals surface area contributed by atoms with Crippen LogP contribution in [0.5, 0.6) is 11.5 Å². The molecule has 1 amide bonds. The third-order valence-electron chi connectivity index (χ3n) is 5.30. The molecule has 0 fully saturated rings. The Morgan fingerprint density at radius 2 is 1.96 bits per heavy atom. The maximum absolute atomic E-state index is 13.2. The van der Waals surface area contributed by atoms with Gasteiger partial charge in [-0.25, -0.2) is 0 Å². The van der Waals surface area contributed by atoms with E-state index < -0.39 is 0 Å². The van der Waals surface area contributed by atoms with Crippen molar-refractivity contribution in [2.45, 2.75) is 32.4 Å². The normalized spacial score (nSPS) is 15.5. The summed E-state index contributed by atoms with van der Waals surface area (Å²) in [6, 6.07) is 5.43. The van der Waals surface area contributed by atoms with Gasteiger partial charge in [0.15, 0.2) is 11.5 Å². The second kappa shape index (κ2) is 7.31. The number of thiophene rings is 1. The second-order valence-corrected chi connectivity index (χ2v) is 7.75. The standard InChI is InChI=1S/C21H22N2O4S/c1-4-23-11-15(20(24)22-16-5-6-19-12(16)7-8-28-19)13-9-17(26-2)18(27-3)10-14(13)21(23)25/h7-11,16H,4-6H2,1-3H3,(H,22,24). The van der Waals surface area contributed by atoms with E-state index in [9.17, 15) is 9.59 Å². The van der Waals surface area contributed by atoms with Crippen LogP contribution in [0.3, 0.4) is 0 Å². The van der Waals surface area contributed by atoms with E-state index in [1.807, 2.05) is 6.92 Å². The van der Waals surface area contributed by atoms with Crippen molar-refractivity contribution in [2.24, 2.45) is 0 Å². The molecule has 1 unspecified atom stereocenters. The summed E-state index contributed by atoms with van der Waals surface area (Å²) in [7, 11) is 3.06. The number of nitrogens with zero attached hydrogens (tertiary/aromatic N) is 1. The quantitative estimate of drug-likeness (QED) is 0.714. The van der Waals surface area contributed by atoms with Crippen molar-refractivity contribution in [3.63, 3.8) is 0 Å². The molecule has 1 atom stereocenters. The van der Waals surface area contributed by atoms with Crippen molar-refractivity contribution in [3.8, 4) is 11.5 Å². The molecule has 2 heterocycles. The number of methoxy groups -OCH3 is 2. The molecule has 1 N–H and O–H groups in total. The average molecular weight is 398 g/mol. The zero-order valence-corrected chi connectivity index (χ0v) is 16.9. The second-order valence-electron chi connectivity index (χ2n) is 6.75. The lowest BCUT2D eigenvalue weighted by atomic mass is 10.0. The van der Waals surface area contributed by atoms with E-state index in [0.29, 0.717) is 34.4 Å². The van der Waals surface area contributed by atoms with Crippen LogP contribution in [0.2, 0.25) is 0 Å². The molecule has 0 aliphatic heterocycles. The van der Waals surface area contributed by atoms with E-state index in [0.717, 1.165) is 12.8 Å². The van der Waals surface area contributed by atoms with E-state index in [1.165, 1.54) is 24.7 Å². The zero-order chi connectivity index (χ0) is 19.8. The van der Waals surface area contributed by atoms with Gasteiger partial charge in [0, 0.05) is 23.0 Å². The number of nitrogens with one attached hydrogen (secondary N) is 1. The van der Waals surface area contributed by atoms with Gasteiger partial charge in [0.25, 0.3) is 11.5 Å². The molecule has 4 rings (SSSR count). The Labute approximate surface area is 166 Å². The molecule has 0 saturated carbocycles. The molecule has 7 heteroatoms. The lowest BCUT2D eigenvalue weighted by molar-refractivity contribution is 0.0937. The van der Waals surface area contributed by atoms with Gasteiger partial charge in [-0.05, 0) is 48.9 Å². The molecule has 146 valence electrons. The number of aryl methyl sites for hydroxylation is 2. The maximum Gasteiger partial charge on any atom is 0.258 e. The number of hydrogen-bond acceptors (Lipinski definition) is 5. The number of ether oxygens (including phenoxy) is 2. The average Bonchev–Trinajstić information content (AvgIpc) is 3.32. The van der Waals surface area contributed by atoms with Crippen molar-refractivity contribution in [1.29, 1.82) is 0 Å². The first-order valence-electron chi connectivity index (χ1n) is 9.23. The van der Waals surface area contributed by atoms with Gasteiger partial charge in [-0.2, -0.15) is 0 Å². The monoisotopic (exact) mass is 398 g/mol. The Morgan fingerprint density at radius 3 is 2.64 bits per heavy atom. The third kappa shape index (κ3) is 2.96. The molecule has 0 radical (unpaired) electrons. The van der Waals surface area contributed by atoms with Crippen LogP contribution in [0.1, 0.15) is 40.2 Å². The highest BCUT2D eigenvalue weighted by atomic mass is 32.1. The summed E-state index contributed by atoms with van der Waals surface area (Å²) in [5.74, 6) is 0.758. The first kappa shape index (κ1) is 18.6. The van der Waals surface area contributed by atoms with Crippen molar-refractivity contribution in [1.82, 2.24) is 9.88 Å². The molecule has 0 bridgehead atoms. The Hall–Kier alpha value is -2.80. The van der Waals surface area contributed by atoms with Crippen LogP contribution >= 0.6 is 11.3 Å². The largest absolute Gasteiger partial charge is 0.493 e. The minimum absolute atomic E-state index is 0.00551. The predicted molar refractivity (Wildman–Crippen MR) is 110 cm³/mol. The van der Waals surface area contributed by atoms with E-state index in [2.05, 4.69) is 16.8 Å². The molecule has 2 aromatic heterocycles. The van der Waals surface area contributed by atoms with Crippen LogP contribution in [0.15, 0.2) is 34.6 Å². The number of amides is 1. The van der Waals surface area contributed by atoms with E-state index in [4.69, 9.17) is 9.47 Å². The molecule has 1 aromatic carbocycles. The number of carbonyl (C=O) groups is 1. The van der Waals surface area contributed by atoms with Gasteiger partial charge in [0.2, 0.25) is 0 Å². The number of aromatic nitrogens is 1. The number of hydrogen-bond donors (Lipinski definition) is 1. The number of pyridine rings is 1. The highest BCUT2D eigenvalue weighted by Crippen LogP contribution is 2.36. The third-order valence-corrected chi connectivity index (χ3v) is 6.29. The summed E-state index contributed by atoms with van der Waals surface area (Å²) in [5.41, 5.74) is 1.50. The Bertz CT molecular complexity index is 1120. The highest BCUT2D eigenvalue weighted by molar-refractivity contribution is 7.10. The first-order valence-corrected chi connectivity index (χ1v) is 10.1. The summed E-state index contributed by atoms with van der Waals surface area (Å²) in [4.78, 5) is 27.3. The SMILES string of the molecule is CCn1cc(C(=O)NC2CCc3sccc32)c2cc(OC)c(OC)cc2c1=O. The van der Waals surface area contributed by atoms with Gasteiger partial charge in [0.1, 0.15) is 0 Å². The Kier molecular flexibility index (Phi) is 4.85. The van der Waals surface area contributed by atoms with Crippen molar-refractivity contribution >= 4 is 28.0 Å². The van der Waals surface area contributed by atoms with E-state index in [-0.39, 0.29) is 17.5 Å². The number of benzene rings is 1. The maximum atomic E-state index is 13.2. The van der Waals surface area contributed by atoms with Crippen molar-refractivity contribution in [3.05, 3.63) is 56.1 Å². The van der Waals surface area contributed by atoms with Crippen LogP contribution in [-0.2, 0) is 13.0 Å². The number of rotatable bonds is 5. The Balaban J connectivity index is 1.82. The van der Waals surface area contributed by atoms with Crippen LogP contribution in [0.25, 0.3) is 10.8 Å². The lowest BCUT2D eigenvalue weighted by Gasteiger charge is -2.17. The zero-order valence-electron chi connectivity index (χ0n) is 16.1. The summed E-state index contributed by atoms with van der Waals surface area (Å²) >= 11 is 1.73. The number of fused-ring (bicyclic) bond motifs is 2. The summed E-state index contributed by atoms with van der Waals surface area (Å²) < 4.78 is 12.3. The lowest BCUT2D eigenvalue weighted by Crippen LogP contribution is -2.29. The molecule has 3 aromatic rings. The minimum Gasteiger partial charge on any atom is -0.493 e. The van der Waals surface area contributed by atoms with E-state index in [1.54, 1.807) is 34.2 Å². The highest BCUT2D eigenvalue weighted by Gasteiger charge is 2.26. The predicted octanol–water partition coefficient (Wildman–Crippen LogP) is 3.52. The van der Waals surface area contributed by atoms with Gasteiger partial charge >= 0.3 is 0 Å². The minimum atomic E-state index is -0.191. The van der Waals surface area contributed by atoms with Gasteiger partial charge in [-0.15, -0.1) is 11.3 Å².